The number of fused-ring (bicyclic) bond motifs is 1. The number of rotatable bonds is 2. The van der Waals surface area contributed by atoms with Gasteiger partial charge in [-0.05, 0) is 6.07 Å². The predicted molar refractivity (Wildman–Crippen MR) is 77.0 cm³/mol. The van der Waals surface area contributed by atoms with Crippen molar-refractivity contribution < 1.29 is 29.6 Å². The summed E-state index contributed by atoms with van der Waals surface area (Å²) < 4.78 is 10.7. The van der Waals surface area contributed by atoms with E-state index in [9.17, 15) is 20.1 Å². The van der Waals surface area contributed by atoms with E-state index < -0.39 is 5.92 Å². The van der Waals surface area contributed by atoms with Crippen molar-refractivity contribution >= 4 is 5.78 Å². The van der Waals surface area contributed by atoms with Gasteiger partial charge in [-0.3, -0.25) is 4.79 Å². The van der Waals surface area contributed by atoms with Crippen molar-refractivity contribution in [2.45, 2.75) is 5.92 Å². The van der Waals surface area contributed by atoms with Crippen molar-refractivity contribution in [1.29, 1.82) is 0 Å². The zero-order chi connectivity index (χ0) is 15.9. The second-order valence-electron chi connectivity index (χ2n) is 4.99. The van der Waals surface area contributed by atoms with Gasteiger partial charge in [0.15, 0.2) is 5.78 Å². The van der Waals surface area contributed by atoms with Crippen molar-refractivity contribution in [2.75, 3.05) is 13.7 Å². The molecule has 0 saturated carbocycles. The van der Waals surface area contributed by atoms with Crippen LogP contribution in [0.1, 0.15) is 21.8 Å². The molecule has 2 aromatic carbocycles. The van der Waals surface area contributed by atoms with E-state index in [2.05, 4.69) is 0 Å². The van der Waals surface area contributed by atoms with Gasteiger partial charge in [-0.25, -0.2) is 0 Å². The maximum absolute atomic E-state index is 12.7. The van der Waals surface area contributed by atoms with Crippen LogP contribution in [0, 0.1) is 0 Å². The number of benzene rings is 2. The molecule has 0 fully saturated rings. The van der Waals surface area contributed by atoms with E-state index >= 15 is 0 Å². The number of methoxy groups -OCH3 is 1. The van der Waals surface area contributed by atoms with Gasteiger partial charge in [0.1, 0.15) is 40.9 Å². The Morgan fingerprint density at radius 3 is 2.64 bits per heavy atom. The summed E-state index contributed by atoms with van der Waals surface area (Å²) in [6.07, 6.45) is 0. The molecule has 2 aromatic rings. The Labute approximate surface area is 126 Å². The van der Waals surface area contributed by atoms with Crippen LogP contribution in [0.3, 0.4) is 0 Å². The highest BCUT2D eigenvalue weighted by atomic mass is 16.5. The average molecular weight is 302 g/mol. The summed E-state index contributed by atoms with van der Waals surface area (Å²) in [4.78, 5) is 12.7. The maximum Gasteiger partial charge on any atom is 0.181 e. The highest BCUT2D eigenvalue weighted by Crippen LogP contribution is 2.42. The van der Waals surface area contributed by atoms with Crippen LogP contribution in [-0.2, 0) is 0 Å². The lowest BCUT2D eigenvalue weighted by molar-refractivity contribution is 0.0890. The van der Waals surface area contributed by atoms with Gasteiger partial charge in [-0.2, -0.15) is 0 Å². The average Bonchev–Trinajstić information content (AvgIpc) is 2.47. The molecule has 0 bridgehead atoms. The number of hydrogen-bond donors (Lipinski definition) is 3. The van der Waals surface area contributed by atoms with Gasteiger partial charge in [0, 0.05) is 23.8 Å². The predicted octanol–water partition coefficient (Wildman–Crippen LogP) is 2.17. The molecule has 0 aliphatic carbocycles. The molecule has 114 valence electrons. The number of ether oxygens (including phenoxy) is 2. The maximum atomic E-state index is 12.7. The van der Waals surface area contributed by atoms with Crippen LogP contribution >= 0.6 is 0 Å². The van der Waals surface area contributed by atoms with Crippen LogP contribution in [0.2, 0.25) is 0 Å². The molecule has 0 unspecified atom stereocenters. The second kappa shape index (κ2) is 5.14. The van der Waals surface area contributed by atoms with E-state index in [4.69, 9.17) is 9.47 Å². The Balaban J connectivity index is 2.07. The third-order valence-corrected chi connectivity index (χ3v) is 3.63. The third kappa shape index (κ3) is 2.18. The fraction of sp³-hybridized carbons (Fsp3) is 0.188. The molecule has 6 heteroatoms. The van der Waals surface area contributed by atoms with Gasteiger partial charge in [0.25, 0.3) is 0 Å². The minimum atomic E-state index is -0.668. The number of carbonyl (C=O) groups excluding carboxylic acids is 1. The lowest BCUT2D eigenvalue weighted by atomic mass is 9.88. The fourth-order valence-corrected chi connectivity index (χ4v) is 2.59. The summed E-state index contributed by atoms with van der Waals surface area (Å²) in [7, 11) is 1.44. The first kappa shape index (κ1) is 14.1. The zero-order valence-corrected chi connectivity index (χ0v) is 11.7. The van der Waals surface area contributed by atoms with E-state index in [1.54, 1.807) is 6.07 Å². The quantitative estimate of drug-likeness (QED) is 0.787. The Bertz CT molecular complexity index is 753. The van der Waals surface area contributed by atoms with Gasteiger partial charge in [0.05, 0.1) is 13.0 Å². The Hall–Kier alpha value is -2.89. The molecule has 0 amide bonds. The van der Waals surface area contributed by atoms with E-state index in [1.807, 2.05) is 0 Å². The third-order valence-electron chi connectivity index (χ3n) is 3.63. The number of Topliss-reactive ketones (excluding diaryl/α,β-unsaturated/α-hetero) is 1. The van der Waals surface area contributed by atoms with Crippen LogP contribution in [0.4, 0.5) is 0 Å². The minimum absolute atomic E-state index is 0.0259. The monoisotopic (exact) mass is 302 g/mol. The topological polar surface area (TPSA) is 96.2 Å². The highest BCUT2D eigenvalue weighted by Gasteiger charge is 2.34. The molecule has 6 nitrogen and oxygen atoms in total. The summed E-state index contributed by atoms with van der Waals surface area (Å²) in [6.45, 7) is 0.0515. The first-order chi connectivity index (χ1) is 10.5. The molecule has 1 atom stereocenters. The number of hydrogen-bond acceptors (Lipinski definition) is 6. The SMILES string of the molecule is COc1cc(O)ccc1[C@H]1COc2cc(O)cc(O)c2C1=O. The molecule has 3 N–H and O–H groups in total. The van der Waals surface area contributed by atoms with E-state index in [-0.39, 0.29) is 41.0 Å². The first-order valence-corrected chi connectivity index (χ1v) is 6.61. The lowest BCUT2D eigenvalue weighted by Gasteiger charge is -2.26. The zero-order valence-electron chi connectivity index (χ0n) is 11.7. The number of ketones is 1. The summed E-state index contributed by atoms with van der Waals surface area (Å²) in [5, 5.41) is 28.9. The van der Waals surface area contributed by atoms with Crippen LogP contribution < -0.4 is 9.47 Å². The minimum Gasteiger partial charge on any atom is -0.508 e. The van der Waals surface area contributed by atoms with Crippen molar-refractivity contribution in [3.63, 3.8) is 0 Å². The molecule has 22 heavy (non-hydrogen) atoms. The smallest absolute Gasteiger partial charge is 0.181 e. The van der Waals surface area contributed by atoms with Crippen LogP contribution in [0.5, 0.6) is 28.7 Å². The molecule has 0 saturated heterocycles. The van der Waals surface area contributed by atoms with Gasteiger partial charge < -0.3 is 24.8 Å². The van der Waals surface area contributed by atoms with Crippen molar-refractivity contribution in [1.82, 2.24) is 0 Å². The number of phenols is 3. The van der Waals surface area contributed by atoms with Crippen LogP contribution in [0.15, 0.2) is 30.3 Å². The summed E-state index contributed by atoms with van der Waals surface area (Å²) in [6, 6.07) is 6.84. The molecule has 3 rings (SSSR count). The summed E-state index contributed by atoms with van der Waals surface area (Å²) in [5.74, 6) is -0.966. The van der Waals surface area contributed by atoms with E-state index in [0.717, 1.165) is 6.07 Å². The van der Waals surface area contributed by atoms with Gasteiger partial charge in [0.2, 0.25) is 0 Å². The Morgan fingerprint density at radius 1 is 1.14 bits per heavy atom. The normalized spacial score (nSPS) is 16.8. The lowest BCUT2D eigenvalue weighted by Crippen LogP contribution is -2.26. The molecule has 0 radical (unpaired) electrons. The van der Waals surface area contributed by atoms with Gasteiger partial charge >= 0.3 is 0 Å². The highest BCUT2D eigenvalue weighted by molar-refractivity contribution is 6.06. The number of carbonyl (C=O) groups is 1. The number of phenolic OH excluding ortho intramolecular Hbond substituents is 3. The van der Waals surface area contributed by atoms with E-state index in [1.165, 1.54) is 25.3 Å². The van der Waals surface area contributed by atoms with Crippen LogP contribution in [0.25, 0.3) is 0 Å². The molecule has 1 heterocycles. The van der Waals surface area contributed by atoms with Crippen molar-refractivity contribution in [3.05, 3.63) is 41.5 Å². The van der Waals surface area contributed by atoms with Crippen molar-refractivity contribution in [3.8, 4) is 28.7 Å². The van der Waals surface area contributed by atoms with Gasteiger partial charge in [-0.15, -0.1) is 0 Å². The Kier molecular flexibility index (Phi) is 3.29. The molecular formula is C16H14O6. The fourth-order valence-electron chi connectivity index (χ4n) is 2.59. The van der Waals surface area contributed by atoms with E-state index in [0.29, 0.717) is 11.3 Å². The Morgan fingerprint density at radius 2 is 1.91 bits per heavy atom. The van der Waals surface area contributed by atoms with Crippen LogP contribution in [-0.4, -0.2) is 34.8 Å². The first-order valence-electron chi connectivity index (χ1n) is 6.61. The largest absolute Gasteiger partial charge is 0.508 e. The molecule has 0 spiro atoms. The van der Waals surface area contributed by atoms with Gasteiger partial charge in [-0.1, -0.05) is 6.07 Å². The molecule has 1 aliphatic heterocycles. The summed E-state index contributed by atoms with van der Waals surface area (Å²) >= 11 is 0. The standard InChI is InChI=1S/C16H14O6/c1-21-13-5-8(17)2-3-10(13)11-7-22-14-6-9(18)4-12(19)15(14)16(11)20/h2-6,11,17-19H,7H2,1H3/t11-/m1/s1. The molecule has 1 aliphatic rings. The molecule has 0 aromatic heterocycles. The molecular weight excluding hydrogens is 288 g/mol. The van der Waals surface area contributed by atoms with Crippen molar-refractivity contribution in [2.24, 2.45) is 0 Å². The number of aromatic hydroxyl groups is 3. The summed E-state index contributed by atoms with van der Waals surface area (Å²) in [5.41, 5.74) is 0.590. The second-order valence-corrected chi connectivity index (χ2v) is 4.99.